The lowest BCUT2D eigenvalue weighted by Gasteiger charge is -2.20. The van der Waals surface area contributed by atoms with E-state index in [0.717, 1.165) is 40.2 Å². The summed E-state index contributed by atoms with van der Waals surface area (Å²) in [4.78, 5) is 4.54. The van der Waals surface area contributed by atoms with Gasteiger partial charge in [-0.3, -0.25) is 4.98 Å². The summed E-state index contributed by atoms with van der Waals surface area (Å²) in [6, 6.07) is 18.0. The molecule has 6 heteroatoms. The molecule has 1 aliphatic heterocycles. The van der Waals surface area contributed by atoms with Crippen LogP contribution in [0, 0.1) is 13.8 Å². The van der Waals surface area contributed by atoms with Crippen LogP contribution >= 0.6 is 0 Å². The van der Waals surface area contributed by atoms with Crippen LogP contribution in [-0.2, 0) is 19.3 Å². The lowest BCUT2D eigenvalue weighted by Crippen LogP contribution is -2.34. The van der Waals surface area contributed by atoms with Crippen LogP contribution in [0.4, 0.5) is 13.2 Å². The third kappa shape index (κ3) is 5.63. The summed E-state index contributed by atoms with van der Waals surface area (Å²) in [5.74, 6) is 0. The zero-order valence-corrected chi connectivity index (χ0v) is 19.1. The maximum atomic E-state index is 13.3. The molecular weight excluding hydrogens is 423 g/mol. The van der Waals surface area contributed by atoms with Gasteiger partial charge in [-0.2, -0.15) is 13.2 Å². The van der Waals surface area contributed by atoms with Crippen LogP contribution in [0.3, 0.4) is 0 Å². The highest BCUT2D eigenvalue weighted by Gasteiger charge is 2.40. The van der Waals surface area contributed by atoms with Gasteiger partial charge in [0.15, 0.2) is 0 Å². The van der Waals surface area contributed by atoms with E-state index in [9.17, 15) is 13.2 Å². The van der Waals surface area contributed by atoms with Crippen LogP contribution in [0.15, 0.2) is 72.6 Å². The number of nitrogens with one attached hydrogen (secondary N) is 1. The van der Waals surface area contributed by atoms with Gasteiger partial charge in [0.2, 0.25) is 0 Å². The Hall–Kier alpha value is -3.12. The molecule has 1 unspecified atom stereocenters. The summed E-state index contributed by atoms with van der Waals surface area (Å²) in [5, 5.41) is 1.05. The molecule has 0 saturated carbocycles. The Labute approximate surface area is 192 Å². The Kier molecular flexibility index (Phi) is 6.56. The molecule has 33 heavy (non-hydrogen) atoms. The molecule has 1 aromatic heterocycles. The van der Waals surface area contributed by atoms with Crippen molar-refractivity contribution in [3.8, 4) is 0 Å². The highest BCUT2D eigenvalue weighted by molar-refractivity contribution is 5.39. The van der Waals surface area contributed by atoms with Crippen LogP contribution in [-0.4, -0.2) is 23.2 Å². The van der Waals surface area contributed by atoms with Gasteiger partial charge in [-0.25, -0.2) is 5.43 Å². The first kappa shape index (κ1) is 23.1. The lowest BCUT2D eigenvalue weighted by atomic mass is 9.93. The van der Waals surface area contributed by atoms with Crippen molar-refractivity contribution >= 4 is 0 Å². The summed E-state index contributed by atoms with van der Waals surface area (Å²) >= 11 is 0. The van der Waals surface area contributed by atoms with Gasteiger partial charge in [0, 0.05) is 25.4 Å². The largest absolute Gasteiger partial charge is 0.432 e. The Morgan fingerprint density at radius 3 is 2.27 bits per heavy atom. The van der Waals surface area contributed by atoms with Gasteiger partial charge >= 0.3 is 6.18 Å². The molecule has 0 fully saturated rings. The second kappa shape index (κ2) is 9.40. The molecule has 0 amide bonds. The summed E-state index contributed by atoms with van der Waals surface area (Å²) in [6.45, 7) is 4.07. The predicted molar refractivity (Wildman–Crippen MR) is 125 cm³/mol. The molecule has 1 aliphatic rings. The Morgan fingerprint density at radius 2 is 1.64 bits per heavy atom. The number of aromatic nitrogens is 1. The number of halogens is 3. The van der Waals surface area contributed by atoms with Gasteiger partial charge in [0.1, 0.15) is 5.70 Å². The molecule has 0 spiro atoms. The molecule has 2 heterocycles. The van der Waals surface area contributed by atoms with Crippen LogP contribution in [0.5, 0.6) is 0 Å². The van der Waals surface area contributed by atoms with Gasteiger partial charge in [-0.15, -0.1) is 0 Å². The second-order valence-electron chi connectivity index (χ2n) is 8.73. The number of nitrogens with zero attached hydrogens (tertiary/aromatic N) is 2. The van der Waals surface area contributed by atoms with Gasteiger partial charge in [-0.05, 0) is 66.6 Å². The van der Waals surface area contributed by atoms with Crippen molar-refractivity contribution in [3.63, 3.8) is 0 Å². The first-order chi connectivity index (χ1) is 15.7. The third-order valence-electron chi connectivity index (χ3n) is 6.05. The minimum Gasteiger partial charge on any atom is -0.307 e. The Morgan fingerprint density at radius 1 is 0.909 bits per heavy atom. The molecule has 3 nitrogen and oxygen atoms in total. The molecule has 0 aliphatic carbocycles. The van der Waals surface area contributed by atoms with Crippen molar-refractivity contribution in [2.45, 2.75) is 45.3 Å². The van der Waals surface area contributed by atoms with Crippen LogP contribution in [0.1, 0.15) is 45.1 Å². The molecule has 0 saturated heterocycles. The van der Waals surface area contributed by atoms with Crippen molar-refractivity contribution in [2.75, 3.05) is 7.05 Å². The van der Waals surface area contributed by atoms with Gasteiger partial charge in [0.25, 0.3) is 0 Å². The molecule has 0 bridgehead atoms. The van der Waals surface area contributed by atoms with E-state index in [4.69, 9.17) is 0 Å². The quantitative estimate of drug-likeness (QED) is 0.497. The van der Waals surface area contributed by atoms with Gasteiger partial charge < -0.3 is 5.01 Å². The molecule has 172 valence electrons. The SMILES string of the molecule is Cc1ccc(CCc2ccc(C3C=C(C(F)(F)F)N(C)N3)cc2Cc2ccc(C)cn2)cc1. The minimum absolute atomic E-state index is 0.525. The monoisotopic (exact) mass is 451 g/mol. The van der Waals surface area contributed by atoms with E-state index in [1.165, 1.54) is 29.8 Å². The maximum absolute atomic E-state index is 13.3. The number of hydrazine groups is 1. The van der Waals surface area contributed by atoms with E-state index in [1.807, 2.05) is 43.5 Å². The summed E-state index contributed by atoms with van der Waals surface area (Å²) in [7, 11) is 1.40. The Bertz CT molecular complexity index is 1130. The fourth-order valence-electron chi connectivity index (χ4n) is 4.12. The van der Waals surface area contributed by atoms with Crippen molar-refractivity contribution in [2.24, 2.45) is 0 Å². The van der Waals surface area contributed by atoms with Crippen molar-refractivity contribution in [3.05, 3.63) is 112 Å². The first-order valence-electron chi connectivity index (χ1n) is 11.1. The average Bonchev–Trinajstić information content (AvgIpc) is 3.18. The first-order valence-corrected chi connectivity index (χ1v) is 11.1. The van der Waals surface area contributed by atoms with Crippen LogP contribution in [0.2, 0.25) is 0 Å². The summed E-state index contributed by atoms with van der Waals surface area (Å²) in [6.07, 6.45) is 1.09. The molecule has 1 atom stereocenters. The summed E-state index contributed by atoms with van der Waals surface area (Å²) < 4.78 is 39.9. The molecule has 0 radical (unpaired) electrons. The second-order valence-corrected chi connectivity index (χ2v) is 8.73. The molecule has 2 aromatic carbocycles. The number of pyridine rings is 1. The van der Waals surface area contributed by atoms with Crippen molar-refractivity contribution < 1.29 is 13.2 Å². The summed E-state index contributed by atoms with van der Waals surface area (Å²) in [5.41, 5.74) is 9.86. The molecule has 4 rings (SSSR count). The lowest BCUT2D eigenvalue weighted by molar-refractivity contribution is -0.110. The third-order valence-corrected chi connectivity index (χ3v) is 6.05. The fourth-order valence-corrected chi connectivity index (χ4v) is 4.12. The minimum atomic E-state index is -4.39. The van der Waals surface area contributed by atoms with Gasteiger partial charge in [0.05, 0.1) is 6.04 Å². The standard InChI is InChI=1S/C27H28F3N3/c1-18-4-7-20(8-5-18)9-10-21-11-12-22(25-16-26(27(28,29)30)33(3)32-25)14-23(21)15-24-13-6-19(2)17-31-24/h4-8,11-14,16-17,25,32H,9-10,15H2,1-3H3. The number of hydrogen-bond acceptors (Lipinski definition) is 3. The normalized spacial score (nSPS) is 16.2. The number of benzene rings is 2. The van der Waals surface area contributed by atoms with Crippen molar-refractivity contribution in [1.82, 2.24) is 15.4 Å². The number of alkyl halides is 3. The zero-order chi connectivity index (χ0) is 23.6. The van der Waals surface area contributed by atoms with E-state index in [-0.39, 0.29) is 0 Å². The molecule has 3 aromatic rings. The maximum Gasteiger partial charge on any atom is 0.432 e. The number of aryl methyl sites for hydroxylation is 4. The van der Waals surface area contributed by atoms with Gasteiger partial charge in [-0.1, -0.05) is 54.1 Å². The number of allylic oxidation sites excluding steroid dienone is 1. The van der Waals surface area contributed by atoms with E-state index < -0.39 is 17.9 Å². The highest BCUT2D eigenvalue weighted by atomic mass is 19.4. The number of hydrogen-bond donors (Lipinski definition) is 1. The average molecular weight is 452 g/mol. The van der Waals surface area contributed by atoms with E-state index in [1.54, 1.807) is 0 Å². The predicted octanol–water partition coefficient (Wildman–Crippen LogP) is 6.01. The topological polar surface area (TPSA) is 28.2 Å². The van der Waals surface area contributed by atoms with Crippen molar-refractivity contribution in [1.29, 1.82) is 0 Å². The highest BCUT2D eigenvalue weighted by Crippen LogP contribution is 2.35. The molecule has 1 N–H and O–H groups in total. The van der Waals surface area contributed by atoms with E-state index in [0.29, 0.717) is 6.42 Å². The van der Waals surface area contributed by atoms with Crippen LogP contribution < -0.4 is 5.43 Å². The van der Waals surface area contributed by atoms with E-state index in [2.05, 4.69) is 41.6 Å². The zero-order valence-electron chi connectivity index (χ0n) is 19.1. The smallest absolute Gasteiger partial charge is 0.307 e. The number of rotatable bonds is 6. The Balaban J connectivity index is 1.62. The fraction of sp³-hybridized carbons (Fsp3) is 0.296. The molecular formula is C27H28F3N3. The van der Waals surface area contributed by atoms with E-state index >= 15 is 0 Å². The van der Waals surface area contributed by atoms with Crippen LogP contribution in [0.25, 0.3) is 0 Å².